The molecule has 0 saturated carbocycles. The van der Waals surface area contributed by atoms with Crippen molar-refractivity contribution in [2.45, 2.75) is 18.9 Å². The molecule has 1 aliphatic rings. The highest BCUT2D eigenvalue weighted by atomic mass is 19.1. The molecular formula is C19H22FN3O2. The fraction of sp³-hybridized carbons (Fsp3) is 0.368. The molecule has 1 aliphatic carbocycles. The summed E-state index contributed by atoms with van der Waals surface area (Å²) >= 11 is 0. The van der Waals surface area contributed by atoms with Gasteiger partial charge in [-0.25, -0.2) is 9.37 Å². The summed E-state index contributed by atoms with van der Waals surface area (Å²) in [5.74, 6) is 0.0781. The predicted molar refractivity (Wildman–Crippen MR) is 93.2 cm³/mol. The van der Waals surface area contributed by atoms with E-state index >= 15 is 0 Å². The van der Waals surface area contributed by atoms with Crippen LogP contribution in [0.4, 0.5) is 4.39 Å². The number of halogens is 1. The molecule has 1 heterocycles. The van der Waals surface area contributed by atoms with Crippen molar-refractivity contribution in [3.8, 4) is 5.88 Å². The second kappa shape index (κ2) is 7.61. The number of fused-ring (bicyclic) bond motifs is 1. The first kappa shape index (κ1) is 17.4. The maximum absolute atomic E-state index is 13.3. The van der Waals surface area contributed by atoms with Gasteiger partial charge < -0.3 is 15.0 Å². The molecule has 1 unspecified atom stereocenters. The van der Waals surface area contributed by atoms with Crippen LogP contribution < -0.4 is 10.1 Å². The van der Waals surface area contributed by atoms with Crippen molar-refractivity contribution in [3.05, 3.63) is 59.0 Å². The molecule has 0 aliphatic heterocycles. The van der Waals surface area contributed by atoms with Crippen molar-refractivity contribution in [2.75, 3.05) is 27.2 Å². The van der Waals surface area contributed by atoms with Gasteiger partial charge in [-0.05, 0) is 56.3 Å². The van der Waals surface area contributed by atoms with E-state index in [0.717, 1.165) is 30.5 Å². The minimum atomic E-state index is -0.236. The first-order valence-electron chi connectivity index (χ1n) is 8.35. The van der Waals surface area contributed by atoms with Crippen LogP contribution in [0.5, 0.6) is 5.88 Å². The van der Waals surface area contributed by atoms with Gasteiger partial charge in [-0.1, -0.05) is 6.07 Å². The van der Waals surface area contributed by atoms with E-state index in [1.807, 2.05) is 19.0 Å². The Morgan fingerprint density at radius 2 is 2.20 bits per heavy atom. The van der Waals surface area contributed by atoms with Crippen molar-refractivity contribution in [2.24, 2.45) is 0 Å². The van der Waals surface area contributed by atoms with Gasteiger partial charge in [0.05, 0.1) is 11.6 Å². The highest BCUT2D eigenvalue weighted by molar-refractivity contribution is 5.94. The number of hydrogen-bond donors (Lipinski definition) is 1. The van der Waals surface area contributed by atoms with Crippen molar-refractivity contribution < 1.29 is 13.9 Å². The fourth-order valence-electron chi connectivity index (χ4n) is 2.91. The number of aromatic nitrogens is 1. The third-order valence-electron chi connectivity index (χ3n) is 4.28. The summed E-state index contributed by atoms with van der Waals surface area (Å²) < 4.78 is 18.8. The molecule has 0 bridgehead atoms. The number of nitrogens with zero attached hydrogens (tertiary/aromatic N) is 2. The van der Waals surface area contributed by atoms with Gasteiger partial charge in [0.2, 0.25) is 5.88 Å². The number of nitrogens with one attached hydrogen (secondary N) is 1. The van der Waals surface area contributed by atoms with Gasteiger partial charge in [-0.15, -0.1) is 0 Å². The quantitative estimate of drug-likeness (QED) is 0.876. The van der Waals surface area contributed by atoms with Crippen LogP contribution in [0.2, 0.25) is 0 Å². The molecule has 0 radical (unpaired) electrons. The number of pyridine rings is 1. The molecule has 1 N–H and O–H groups in total. The highest BCUT2D eigenvalue weighted by Crippen LogP contribution is 2.31. The standard InChI is InChI=1S/C19H22FN3O2/c1-23(2)9-10-25-18-8-4-14(12-21-18)19(24)22-17-7-3-13-11-15(20)5-6-16(13)17/h4-6,8,11-12,17H,3,7,9-10H2,1-2H3,(H,22,24). The number of likely N-dealkylation sites (N-methyl/N-ethyl adjacent to an activating group) is 1. The number of ether oxygens (including phenoxy) is 1. The molecule has 25 heavy (non-hydrogen) atoms. The zero-order chi connectivity index (χ0) is 17.8. The lowest BCUT2D eigenvalue weighted by molar-refractivity contribution is 0.0936. The van der Waals surface area contributed by atoms with E-state index in [9.17, 15) is 9.18 Å². The van der Waals surface area contributed by atoms with Crippen LogP contribution in [0.3, 0.4) is 0 Å². The molecule has 1 aromatic carbocycles. The van der Waals surface area contributed by atoms with Crippen LogP contribution in [0.1, 0.15) is 33.9 Å². The summed E-state index contributed by atoms with van der Waals surface area (Å²) in [6, 6.07) is 8.05. The number of aryl methyl sites for hydroxylation is 1. The minimum absolute atomic E-state index is 0.0842. The van der Waals surface area contributed by atoms with Crippen molar-refractivity contribution in [1.82, 2.24) is 15.2 Å². The Balaban J connectivity index is 1.59. The van der Waals surface area contributed by atoms with Gasteiger partial charge >= 0.3 is 0 Å². The third kappa shape index (κ3) is 4.33. The molecule has 1 amide bonds. The zero-order valence-electron chi connectivity index (χ0n) is 14.5. The lowest BCUT2D eigenvalue weighted by Crippen LogP contribution is -2.27. The lowest BCUT2D eigenvalue weighted by atomic mass is 10.1. The largest absolute Gasteiger partial charge is 0.476 e. The maximum Gasteiger partial charge on any atom is 0.253 e. The van der Waals surface area contributed by atoms with E-state index in [1.165, 1.54) is 12.3 Å². The second-order valence-electron chi connectivity index (χ2n) is 6.44. The second-order valence-corrected chi connectivity index (χ2v) is 6.44. The van der Waals surface area contributed by atoms with Crippen molar-refractivity contribution >= 4 is 5.91 Å². The fourth-order valence-corrected chi connectivity index (χ4v) is 2.91. The van der Waals surface area contributed by atoms with Gasteiger partial charge in [0, 0.05) is 18.8 Å². The van der Waals surface area contributed by atoms with E-state index in [1.54, 1.807) is 24.3 Å². The van der Waals surface area contributed by atoms with Crippen LogP contribution in [0.25, 0.3) is 0 Å². The van der Waals surface area contributed by atoms with Gasteiger partial charge in [0.25, 0.3) is 5.91 Å². The monoisotopic (exact) mass is 343 g/mol. The predicted octanol–water partition coefficient (Wildman–Crippen LogP) is 2.58. The van der Waals surface area contributed by atoms with Crippen LogP contribution in [-0.4, -0.2) is 43.0 Å². The normalized spacial score (nSPS) is 15.9. The Morgan fingerprint density at radius 3 is 2.92 bits per heavy atom. The third-order valence-corrected chi connectivity index (χ3v) is 4.28. The van der Waals surface area contributed by atoms with Crippen molar-refractivity contribution in [3.63, 3.8) is 0 Å². The van der Waals surface area contributed by atoms with Crippen LogP contribution >= 0.6 is 0 Å². The molecule has 2 aromatic rings. The summed E-state index contributed by atoms with van der Waals surface area (Å²) in [5.41, 5.74) is 2.44. The topological polar surface area (TPSA) is 54.5 Å². The molecule has 0 spiro atoms. The van der Waals surface area contributed by atoms with Crippen LogP contribution in [0.15, 0.2) is 36.5 Å². The lowest BCUT2D eigenvalue weighted by Gasteiger charge is -2.14. The molecule has 1 aromatic heterocycles. The number of amides is 1. The van der Waals surface area contributed by atoms with Gasteiger partial charge in [0.15, 0.2) is 0 Å². The summed E-state index contributed by atoms with van der Waals surface area (Å²) in [5, 5.41) is 3.00. The minimum Gasteiger partial charge on any atom is -0.476 e. The first-order chi connectivity index (χ1) is 12.0. The van der Waals surface area contributed by atoms with E-state index < -0.39 is 0 Å². The smallest absolute Gasteiger partial charge is 0.253 e. The molecule has 132 valence electrons. The number of carbonyl (C=O) groups is 1. The van der Waals surface area contributed by atoms with E-state index in [-0.39, 0.29) is 17.8 Å². The van der Waals surface area contributed by atoms with Crippen molar-refractivity contribution in [1.29, 1.82) is 0 Å². The molecule has 5 nitrogen and oxygen atoms in total. The Morgan fingerprint density at radius 1 is 1.36 bits per heavy atom. The Hall–Kier alpha value is -2.47. The zero-order valence-corrected chi connectivity index (χ0v) is 14.5. The molecule has 3 rings (SSSR count). The first-order valence-corrected chi connectivity index (χ1v) is 8.35. The van der Waals surface area contributed by atoms with E-state index in [4.69, 9.17) is 4.74 Å². The molecule has 6 heteroatoms. The van der Waals surface area contributed by atoms with E-state index in [0.29, 0.717) is 18.1 Å². The number of benzene rings is 1. The maximum atomic E-state index is 13.3. The summed E-state index contributed by atoms with van der Waals surface area (Å²) in [4.78, 5) is 18.6. The number of rotatable bonds is 6. The number of carbonyl (C=O) groups excluding carboxylic acids is 1. The Bertz CT molecular complexity index is 747. The summed E-state index contributed by atoms with van der Waals surface area (Å²) in [7, 11) is 3.94. The van der Waals surface area contributed by atoms with Gasteiger partial charge in [-0.2, -0.15) is 0 Å². The summed E-state index contributed by atoms with van der Waals surface area (Å²) in [6.07, 6.45) is 3.07. The van der Waals surface area contributed by atoms with Gasteiger partial charge in [-0.3, -0.25) is 4.79 Å². The number of hydrogen-bond acceptors (Lipinski definition) is 4. The van der Waals surface area contributed by atoms with E-state index in [2.05, 4.69) is 10.3 Å². The average Bonchev–Trinajstić information content (AvgIpc) is 2.97. The van der Waals surface area contributed by atoms with Crippen LogP contribution in [0, 0.1) is 5.82 Å². The molecule has 0 fully saturated rings. The van der Waals surface area contributed by atoms with Crippen LogP contribution in [-0.2, 0) is 6.42 Å². The SMILES string of the molecule is CN(C)CCOc1ccc(C(=O)NC2CCc3cc(F)ccc32)cn1. The highest BCUT2D eigenvalue weighted by Gasteiger charge is 2.24. The van der Waals surface area contributed by atoms with Gasteiger partial charge in [0.1, 0.15) is 12.4 Å². The molecule has 1 atom stereocenters. The molecular weight excluding hydrogens is 321 g/mol. The Kier molecular flexibility index (Phi) is 5.28. The Labute approximate surface area is 146 Å². The average molecular weight is 343 g/mol. The summed E-state index contributed by atoms with van der Waals surface area (Å²) in [6.45, 7) is 1.34. The molecule has 0 saturated heterocycles.